The molecule has 1 N–H and O–H groups in total. The number of methoxy groups -OCH3 is 1. The van der Waals surface area contributed by atoms with Crippen LogP contribution in [0.4, 0.5) is 0 Å². The molecule has 0 aromatic heterocycles. The number of hydrogen-bond acceptors (Lipinski definition) is 5. The van der Waals surface area contributed by atoms with E-state index in [1.54, 1.807) is 31.4 Å². The maximum Gasteiger partial charge on any atom is 0.472 e. The predicted molar refractivity (Wildman–Crippen MR) is 64.5 cm³/mol. The first-order valence-electron chi connectivity index (χ1n) is 5.14. The number of hydrogen-bond donors (Lipinski definition) is 1. The van der Waals surface area contributed by atoms with Crippen molar-refractivity contribution in [3.8, 4) is 5.75 Å². The molecule has 1 unspecified atom stereocenters. The third-order valence-electron chi connectivity index (χ3n) is 2.18. The number of phosphoric acid groups is 1. The Morgan fingerprint density at radius 2 is 1.89 bits per heavy atom. The SMILES string of the molecule is COc1ccc(CC(=O)COP(=O)(O)OC)cc1. The number of phosphoric ester groups is 1. The van der Waals surface area contributed by atoms with Crippen molar-refractivity contribution in [2.24, 2.45) is 0 Å². The Hall–Kier alpha value is -1.20. The van der Waals surface area contributed by atoms with Gasteiger partial charge in [-0.15, -0.1) is 0 Å². The quantitative estimate of drug-likeness (QED) is 0.760. The third-order valence-corrected chi connectivity index (χ3v) is 3.10. The Bertz CT molecular complexity index is 441. The van der Waals surface area contributed by atoms with Gasteiger partial charge in [-0.05, 0) is 17.7 Å². The number of benzene rings is 1. The average Bonchev–Trinajstić information content (AvgIpc) is 2.37. The fraction of sp³-hybridized carbons (Fsp3) is 0.364. The van der Waals surface area contributed by atoms with Crippen LogP contribution in [0.3, 0.4) is 0 Å². The molecule has 0 aliphatic heterocycles. The first kappa shape index (κ1) is 14.9. The van der Waals surface area contributed by atoms with E-state index in [0.29, 0.717) is 5.75 Å². The summed E-state index contributed by atoms with van der Waals surface area (Å²) in [5.74, 6) is 0.383. The molecule has 0 saturated heterocycles. The second-order valence-corrected chi connectivity index (χ2v) is 5.05. The molecule has 0 aliphatic rings. The Labute approximate surface area is 105 Å². The zero-order chi connectivity index (χ0) is 13.6. The number of ketones is 1. The molecule has 7 heteroatoms. The third kappa shape index (κ3) is 4.98. The predicted octanol–water partition coefficient (Wildman–Crippen LogP) is 1.57. The van der Waals surface area contributed by atoms with Gasteiger partial charge in [0.1, 0.15) is 12.4 Å². The van der Waals surface area contributed by atoms with Gasteiger partial charge in [0.05, 0.1) is 7.11 Å². The molecule has 0 radical (unpaired) electrons. The van der Waals surface area contributed by atoms with Crippen LogP contribution in [0.15, 0.2) is 24.3 Å². The van der Waals surface area contributed by atoms with E-state index >= 15 is 0 Å². The van der Waals surface area contributed by atoms with E-state index in [1.807, 2.05) is 0 Å². The van der Waals surface area contributed by atoms with Crippen molar-refractivity contribution in [1.82, 2.24) is 0 Å². The number of rotatable bonds is 7. The van der Waals surface area contributed by atoms with E-state index in [4.69, 9.17) is 9.63 Å². The van der Waals surface area contributed by atoms with E-state index in [-0.39, 0.29) is 12.2 Å². The second kappa shape index (κ2) is 6.66. The maximum absolute atomic E-state index is 11.5. The normalized spacial score (nSPS) is 13.9. The number of ether oxygens (including phenoxy) is 1. The lowest BCUT2D eigenvalue weighted by Gasteiger charge is -2.08. The van der Waals surface area contributed by atoms with Gasteiger partial charge in [-0.1, -0.05) is 12.1 Å². The minimum Gasteiger partial charge on any atom is -0.497 e. The van der Waals surface area contributed by atoms with Gasteiger partial charge in [0.15, 0.2) is 5.78 Å². The van der Waals surface area contributed by atoms with Crippen molar-refractivity contribution < 1.29 is 28.0 Å². The molecule has 1 rings (SSSR count). The minimum absolute atomic E-state index is 0.119. The molecule has 0 saturated carbocycles. The van der Waals surface area contributed by atoms with Gasteiger partial charge >= 0.3 is 7.82 Å². The Kier molecular flexibility index (Phi) is 5.50. The lowest BCUT2D eigenvalue weighted by Crippen LogP contribution is -2.10. The molecule has 0 amide bonds. The monoisotopic (exact) mass is 274 g/mol. The second-order valence-electron chi connectivity index (χ2n) is 3.49. The highest BCUT2D eigenvalue weighted by molar-refractivity contribution is 7.47. The van der Waals surface area contributed by atoms with Crippen LogP contribution in [-0.2, 0) is 24.8 Å². The van der Waals surface area contributed by atoms with Crippen LogP contribution in [0, 0.1) is 0 Å². The minimum atomic E-state index is -4.09. The van der Waals surface area contributed by atoms with Crippen LogP contribution in [-0.4, -0.2) is 31.5 Å². The summed E-state index contributed by atoms with van der Waals surface area (Å²) in [4.78, 5) is 20.4. The number of carbonyl (C=O) groups is 1. The summed E-state index contributed by atoms with van der Waals surface area (Å²) in [7, 11) is -1.50. The highest BCUT2D eigenvalue weighted by atomic mass is 31.2. The highest BCUT2D eigenvalue weighted by Gasteiger charge is 2.20. The number of carbonyl (C=O) groups excluding carboxylic acids is 1. The molecule has 1 aromatic carbocycles. The lowest BCUT2D eigenvalue weighted by molar-refractivity contribution is -0.120. The average molecular weight is 274 g/mol. The standard InChI is InChI=1S/C11H15O6P/c1-15-11-5-3-9(4-6-11)7-10(12)8-17-18(13,14)16-2/h3-6H,7-8H2,1-2H3,(H,13,14). The van der Waals surface area contributed by atoms with Crippen molar-refractivity contribution in [2.75, 3.05) is 20.8 Å². The summed E-state index contributed by atoms with van der Waals surface area (Å²) in [6, 6.07) is 6.95. The van der Waals surface area contributed by atoms with Gasteiger partial charge < -0.3 is 9.63 Å². The van der Waals surface area contributed by atoms with Gasteiger partial charge in [-0.3, -0.25) is 13.8 Å². The van der Waals surface area contributed by atoms with Gasteiger partial charge in [0.25, 0.3) is 0 Å². The molecule has 100 valence electrons. The molecule has 18 heavy (non-hydrogen) atoms. The largest absolute Gasteiger partial charge is 0.497 e. The van der Waals surface area contributed by atoms with E-state index < -0.39 is 14.4 Å². The van der Waals surface area contributed by atoms with Crippen molar-refractivity contribution >= 4 is 13.6 Å². The highest BCUT2D eigenvalue weighted by Crippen LogP contribution is 2.41. The van der Waals surface area contributed by atoms with E-state index in [0.717, 1.165) is 12.7 Å². The van der Waals surface area contributed by atoms with Crippen LogP contribution in [0.1, 0.15) is 5.56 Å². The van der Waals surface area contributed by atoms with Crippen LogP contribution in [0.5, 0.6) is 5.75 Å². The lowest BCUT2D eigenvalue weighted by atomic mass is 10.1. The van der Waals surface area contributed by atoms with Crippen LogP contribution >= 0.6 is 7.82 Å². The molecule has 1 aromatic rings. The van der Waals surface area contributed by atoms with Crippen LogP contribution < -0.4 is 4.74 Å². The van der Waals surface area contributed by atoms with Gasteiger partial charge in [-0.2, -0.15) is 0 Å². The van der Waals surface area contributed by atoms with Crippen molar-refractivity contribution in [1.29, 1.82) is 0 Å². The first-order valence-corrected chi connectivity index (χ1v) is 6.64. The Balaban J connectivity index is 2.47. The van der Waals surface area contributed by atoms with Gasteiger partial charge in [0, 0.05) is 13.5 Å². The number of Topliss-reactive ketones (excluding diaryl/α,β-unsaturated/α-hetero) is 1. The Morgan fingerprint density at radius 3 is 2.39 bits per heavy atom. The summed E-state index contributed by atoms with van der Waals surface area (Å²) in [5.41, 5.74) is 0.773. The molecule has 0 aliphatic carbocycles. The zero-order valence-electron chi connectivity index (χ0n) is 10.2. The fourth-order valence-electron chi connectivity index (χ4n) is 1.23. The summed E-state index contributed by atoms with van der Waals surface area (Å²) in [6.07, 6.45) is 0.119. The van der Waals surface area contributed by atoms with E-state index in [9.17, 15) is 9.36 Å². The first-order chi connectivity index (χ1) is 8.46. The summed E-state index contributed by atoms with van der Waals surface area (Å²) in [5, 5.41) is 0. The summed E-state index contributed by atoms with van der Waals surface area (Å²) in [6.45, 7) is -0.465. The smallest absolute Gasteiger partial charge is 0.472 e. The molecular weight excluding hydrogens is 259 g/mol. The fourth-order valence-corrected chi connectivity index (χ4v) is 1.64. The van der Waals surface area contributed by atoms with Gasteiger partial charge in [-0.25, -0.2) is 4.57 Å². The van der Waals surface area contributed by atoms with Crippen LogP contribution in [0.2, 0.25) is 0 Å². The van der Waals surface area contributed by atoms with E-state index in [1.165, 1.54) is 0 Å². The molecule has 6 nitrogen and oxygen atoms in total. The summed E-state index contributed by atoms with van der Waals surface area (Å²) < 4.78 is 24.6. The maximum atomic E-state index is 11.5. The topological polar surface area (TPSA) is 82.1 Å². The van der Waals surface area contributed by atoms with Crippen molar-refractivity contribution in [3.63, 3.8) is 0 Å². The van der Waals surface area contributed by atoms with E-state index in [2.05, 4.69) is 9.05 Å². The van der Waals surface area contributed by atoms with Crippen molar-refractivity contribution in [3.05, 3.63) is 29.8 Å². The molecule has 0 fully saturated rings. The molecule has 0 bridgehead atoms. The molecular formula is C11H15O6P. The molecule has 1 atom stereocenters. The summed E-state index contributed by atoms with van der Waals surface area (Å²) >= 11 is 0. The zero-order valence-corrected chi connectivity index (χ0v) is 11.1. The van der Waals surface area contributed by atoms with Crippen molar-refractivity contribution in [2.45, 2.75) is 6.42 Å². The van der Waals surface area contributed by atoms with Crippen LogP contribution in [0.25, 0.3) is 0 Å². The van der Waals surface area contributed by atoms with Gasteiger partial charge in [0.2, 0.25) is 0 Å². The molecule has 0 spiro atoms. The Morgan fingerprint density at radius 1 is 1.28 bits per heavy atom. The molecule has 0 heterocycles.